The van der Waals surface area contributed by atoms with Crippen LogP contribution in [0.2, 0.25) is 0 Å². The number of rotatable bonds is 5. The van der Waals surface area contributed by atoms with Crippen molar-refractivity contribution in [2.45, 2.75) is 25.9 Å². The van der Waals surface area contributed by atoms with E-state index in [0.717, 1.165) is 17.0 Å². The summed E-state index contributed by atoms with van der Waals surface area (Å²) in [6.07, 6.45) is 2.82. The number of amides is 1. The lowest BCUT2D eigenvalue weighted by Gasteiger charge is -2.11. The van der Waals surface area contributed by atoms with Crippen LogP contribution in [0.15, 0.2) is 36.5 Å². The second kappa shape index (κ2) is 6.45. The van der Waals surface area contributed by atoms with Gasteiger partial charge in [0.1, 0.15) is 11.0 Å². The third-order valence-corrected chi connectivity index (χ3v) is 3.95. The second-order valence-electron chi connectivity index (χ2n) is 4.18. The van der Waals surface area contributed by atoms with Crippen LogP contribution in [0.4, 0.5) is 0 Å². The van der Waals surface area contributed by atoms with Crippen molar-refractivity contribution in [3.8, 4) is 0 Å². The number of aromatic nitrogens is 1. The van der Waals surface area contributed by atoms with E-state index in [0.29, 0.717) is 6.54 Å². The van der Waals surface area contributed by atoms with Crippen molar-refractivity contribution in [2.24, 2.45) is 5.73 Å². The summed E-state index contributed by atoms with van der Waals surface area (Å²) < 4.78 is 0. The number of aryl methyl sites for hydroxylation is 1. The number of thiazole rings is 1. The average Bonchev–Trinajstić information content (AvgIpc) is 2.93. The van der Waals surface area contributed by atoms with E-state index in [2.05, 4.69) is 17.2 Å². The number of carbonyl (C=O) groups excluding carboxylic acids is 1. The Kier molecular flexibility index (Phi) is 4.65. The average molecular weight is 275 g/mol. The maximum atomic E-state index is 11.9. The van der Waals surface area contributed by atoms with Crippen LogP contribution in [-0.4, -0.2) is 10.9 Å². The first-order chi connectivity index (χ1) is 9.20. The van der Waals surface area contributed by atoms with Crippen LogP contribution in [0.25, 0.3) is 0 Å². The third-order valence-electron chi connectivity index (χ3n) is 2.80. The number of nitrogens with zero attached hydrogens (tertiary/aromatic N) is 1. The van der Waals surface area contributed by atoms with Gasteiger partial charge in [-0.2, -0.15) is 0 Å². The van der Waals surface area contributed by atoms with Crippen LogP contribution in [-0.2, 0) is 17.8 Å². The van der Waals surface area contributed by atoms with Crippen molar-refractivity contribution in [3.63, 3.8) is 0 Å². The normalized spacial score (nSPS) is 12.1. The van der Waals surface area contributed by atoms with Gasteiger partial charge < -0.3 is 11.1 Å². The van der Waals surface area contributed by atoms with Crippen LogP contribution in [0, 0.1) is 0 Å². The van der Waals surface area contributed by atoms with E-state index in [-0.39, 0.29) is 5.91 Å². The zero-order chi connectivity index (χ0) is 13.7. The molecule has 2 aromatic rings. The molecule has 3 N–H and O–H groups in total. The topological polar surface area (TPSA) is 68.0 Å². The molecule has 1 amide bonds. The summed E-state index contributed by atoms with van der Waals surface area (Å²) in [6.45, 7) is 2.52. The van der Waals surface area contributed by atoms with Crippen molar-refractivity contribution >= 4 is 17.2 Å². The fourth-order valence-electron chi connectivity index (χ4n) is 1.68. The zero-order valence-electron chi connectivity index (χ0n) is 10.8. The number of hydrogen-bond donors (Lipinski definition) is 2. The number of benzene rings is 1. The summed E-state index contributed by atoms with van der Waals surface area (Å²) in [5.74, 6) is -0.181. The summed E-state index contributed by atoms with van der Waals surface area (Å²) in [4.78, 5) is 17.4. The fourth-order valence-corrected chi connectivity index (χ4v) is 2.48. The van der Waals surface area contributed by atoms with Gasteiger partial charge in [-0.05, 0) is 12.0 Å². The summed E-state index contributed by atoms with van der Waals surface area (Å²) in [6, 6.07) is 8.71. The monoisotopic (exact) mass is 275 g/mol. The quantitative estimate of drug-likeness (QED) is 0.877. The van der Waals surface area contributed by atoms with Gasteiger partial charge >= 0.3 is 0 Å². The molecule has 0 unspecified atom stereocenters. The number of nitrogens with two attached hydrogens (primary N) is 1. The van der Waals surface area contributed by atoms with Gasteiger partial charge in [0.15, 0.2) is 0 Å². The molecule has 0 fully saturated rings. The molecule has 0 radical (unpaired) electrons. The standard InChI is InChI=1S/C14H17N3OS/c1-2-11-8-16-12(19-11)9-17-14(18)13(15)10-6-4-3-5-7-10/h3-8,13H,2,9,15H2,1H3,(H,17,18)/t13-/m0/s1. The number of hydrogen-bond acceptors (Lipinski definition) is 4. The fraction of sp³-hybridized carbons (Fsp3) is 0.286. The van der Waals surface area contributed by atoms with Crippen LogP contribution in [0.5, 0.6) is 0 Å². The van der Waals surface area contributed by atoms with Crippen LogP contribution >= 0.6 is 11.3 Å². The highest BCUT2D eigenvalue weighted by atomic mass is 32.1. The maximum absolute atomic E-state index is 11.9. The lowest BCUT2D eigenvalue weighted by molar-refractivity contribution is -0.122. The minimum absolute atomic E-state index is 0.181. The molecule has 0 spiro atoms. The van der Waals surface area contributed by atoms with E-state index in [9.17, 15) is 4.79 Å². The molecule has 5 heteroatoms. The lowest BCUT2D eigenvalue weighted by atomic mass is 10.1. The Bertz CT molecular complexity index is 539. The minimum atomic E-state index is -0.633. The Labute approximate surface area is 116 Å². The predicted octanol–water partition coefficient (Wildman–Crippen LogP) is 2.02. The summed E-state index contributed by atoms with van der Waals surface area (Å²) in [5.41, 5.74) is 6.72. The van der Waals surface area contributed by atoms with Gasteiger partial charge in [0.05, 0.1) is 6.54 Å². The number of nitrogens with one attached hydrogen (secondary N) is 1. The molecule has 100 valence electrons. The second-order valence-corrected chi connectivity index (χ2v) is 5.38. The molecule has 0 aliphatic rings. The highest BCUT2D eigenvalue weighted by Crippen LogP contribution is 2.14. The van der Waals surface area contributed by atoms with Gasteiger partial charge in [0, 0.05) is 11.1 Å². The Morgan fingerprint density at radius 2 is 2.16 bits per heavy atom. The van der Waals surface area contributed by atoms with Gasteiger partial charge in [-0.1, -0.05) is 37.3 Å². The molecule has 0 saturated heterocycles. The molecule has 1 aromatic heterocycles. The molecule has 0 bridgehead atoms. The molecule has 1 heterocycles. The minimum Gasteiger partial charge on any atom is -0.348 e. The maximum Gasteiger partial charge on any atom is 0.241 e. The first-order valence-electron chi connectivity index (χ1n) is 6.22. The summed E-state index contributed by atoms with van der Waals surface area (Å²) >= 11 is 1.62. The van der Waals surface area contributed by atoms with Gasteiger partial charge in [0.25, 0.3) is 0 Å². The van der Waals surface area contributed by atoms with Gasteiger partial charge in [-0.15, -0.1) is 11.3 Å². The van der Waals surface area contributed by atoms with Crippen molar-refractivity contribution in [2.75, 3.05) is 0 Å². The Hall–Kier alpha value is -1.72. The molecular formula is C14H17N3OS. The van der Waals surface area contributed by atoms with E-state index >= 15 is 0 Å². The van der Waals surface area contributed by atoms with Crippen molar-refractivity contribution in [3.05, 3.63) is 52.0 Å². The predicted molar refractivity (Wildman–Crippen MR) is 76.7 cm³/mol. The Morgan fingerprint density at radius 3 is 2.79 bits per heavy atom. The molecule has 1 atom stereocenters. The van der Waals surface area contributed by atoms with Gasteiger partial charge in [0.2, 0.25) is 5.91 Å². The highest BCUT2D eigenvalue weighted by molar-refractivity contribution is 7.11. The molecular weight excluding hydrogens is 258 g/mol. The van der Waals surface area contributed by atoms with Crippen LogP contribution in [0.3, 0.4) is 0 Å². The molecule has 0 saturated carbocycles. The van der Waals surface area contributed by atoms with Crippen LogP contribution < -0.4 is 11.1 Å². The first-order valence-corrected chi connectivity index (χ1v) is 7.04. The van der Waals surface area contributed by atoms with Gasteiger partial charge in [-0.25, -0.2) is 4.98 Å². The lowest BCUT2D eigenvalue weighted by Crippen LogP contribution is -2.33. The van der Waals surface area contributed by atoms with Gasteiger partial charge in [-0.3, -0.25) is 4.79 Å². The SMILES string of the molecule is CCc1cnc(CNC(=O)[C@@H](N)c2ccccc2)s1. The highest BCUT2D eigenvalue weighted by Gasteiger charge is 2.15. The Balaban J connectivity index is 1.91. The summed E-state index contributed by atoms with van der Waals surface area (Å²) in [5, 5.41) is 3.73. The molecule has 0 aliphatic heterocycles. The molecule has 4 nitrogen and oxygen atoms in total. The smallest absolute Gasteiger partial charge is 0.241 e. The Morgan fingerprint density at radius 1 is 1.42 bits per heavy atom. The van der Waals surface area contributed by atoms with E-state index in [1.165, 1.54) is 4.88 Å². The van der Waals surface area contributed by atoms with Crippen molar-refractivity contribution < 1.29 is 4.79 Å². The van der Waals surface area contributed by atoms with Crippen LogP contribution in [0.1, 0.15) is 28.4 Å². The van der Waals surface area contributed by atoms with E-state index in [1.54, 1.807) is 11.3 Å². The van der Waals surface area contributed by atoms with E-state index in [1.807, 2.05) is 36.5 Å². The van der Waals surface area contributed by atoms with E-state index in [4.69, 9.17) is 5.73 Å². The molecule has 19 heavy (non-hydrogen) atoms. The zero-order valence-corrected chi connectivity index (χ0v) is 11.6. The molecule has 1 aromatic carbocycles. The molecule has 0 aliphatic carbocycles. The third kappa shape index (κ3) is 3.62. The first kappa shape index (κ1) is 13.7. The largest absolute Gasteiger partial charge is 0.348 e. The summed E-state index contributed by atoms with van der Waals surface area (Å²) in [7, 11) is 0. The molecule has 2 rings (SSSR count). The number of carbonyl (C=O) groups is 1. The van der Waals surface area contributed by atoms with E-state index < -0.39 is 6.04 Å². The van der Waals surface area contributed by atoms with Crippen molar-refractivity contribution in [1.82, 2.24) is 10.3 Å². The van der Waals surface area contributed by atoms with Crippen molar-refractivity contribution in [1.29, 1.82) is 0 Å².